The summed E-state index contributed by atoms with van der Waals surface area (Å²) in [5.41, 5.74) is 1.78. The molecule has 0 spiro atoms. The average Bonchev–Trinajstić information content (AvgIpc) is 3.12. The molecule has 3 aromatic rings. The van der Waals surface area contributed by atoms with Gasteiger partial charge in [-0.05, 0) is 25.3 Å². The summed E-state index contributed by atoms with van der Waals surface area (Å²) in [4.78, 5) is 3.05. The van der Waals surface area contributed by atoms with Crippen molar-refractivity contribution < 1.29 is 0 Å². The van der Waals surface area contributed by atoms with Gasteiger partial charge in [0.05, 0.1) is 6.20 Å². The van der Waals surface area contributed by atoms with Gasteiger partial charge in [-0.2, -0.15) is 15.0 Å². The summed E-state index contributed by atoms with van der Waals surface area (Å²) in [6.45, 7) is 4.27. The topological polar surface area (TPSA) is 30.7 Å². The molecule has 19 heavy (non-hydrogen) atoms. The number of hydrogen-bond acceptors (Lipinski definition) is 3. The van der Waals surface area contributed by atoms with Crippen molar-refractivity contribution in [1.82, 2.24) is 15.0 Å². The fourth-order valence-corrected chi connectivity index (χ4v) is 2.83. The Morgan fingerprint density at radius 1 is 1.05 bits per heavy atom. The lowest BCUT2D eigenvalue weighted by atomic mass is 10.1. The molecule has 0 fully saturated rings. The maximum Gasteiger partial charge on any atom is 0.113 e. The minimum atomic E-state index is -0.221. The number of rotatable bonds is 3. The zero-order valence-corrected chi connectivity index (χ0v) is 11.8. The van der Waals surface area contributed by atoms with Crippen LogP contribution in [0.25, 0.3) is 11.3 Å². The standard InChI is InChI=1S/C15H15N3S/c1-15(2,14-9-6-10-19-14)18-16-11-13(17-18)12-7-4-3-5-8-12/h3-11H,1-2H3. The normalized spacial score (nSPS) is 11.7. The summed E-state index contributed by atoms with van der Waals surface area (Å²) in [5.74, 6) is 0. The van der Waals surface area contributed by atoms with E-state index in [-0.39, 0.29) is 5.54 Å². The van der Waals surface area contributed by atoms with Crippen LogP contribution >= 0.6 is 11.3 Å². The van der Waals surface area contributed by atoms with Crippen LogP contribution in [-0.2, 0) is 5.54 Å². The van der Waals surface area contributed by atoms with Gasteiger partial charge in [-0.1, -0.05) is 36.4 Å². The first-order chi connectivity index (χ1) is 9.18. The highest BCUT2D eigenvalue weighted by atomic mass is 32.1. The molecule has 0 amide bonds. The quantitative estimate of drug-likeness (QED) is 0.724. The van der Waals surface area contributed by atoms with Crippen LogP contribution in [0, 0.1) is 0 Å². The van der Waals surface area contributed by atoms with E-state index < -0.39 is 0 Å². The van der Waals surface area contributed by atoms with Gasteiger partial charge in [0.15, 0.2) is 0 Å². The van der Waals surface area contributed by atoms with E-state index in [0.717, 1.165) is 11.3 Å². The van der Waals surface area contributed by atoms with E-state index in [2.05, 4.69) is 41.6 Å². The summed E-state index contributed by atoms with van der Waals surface area (Å²) in [5, 5.41) is 11.1. The van der Waals surface area contributed by atoms with Gasteiger partial charge in [-0.3, -0.25) is 0 Å². The molecule has 0 saturated carbocycles. The fraction of sp³-hybridized carbons (Fsp3) is 0.200. The molecule has 0 aliphatic carbocycles. The lowest BCUT2D eigenvalue weighted by molar-refractivity contribution is 0.350. The monoisotopic (exact) mass is 269 g/mol. The van der Waals surface area contributed by atoms with Crippen LogP contribution in [0.4, 0.5) is 0 Å². The second kappa shape index (κ2) is 4.63. The molecule has 0 aliphatic rings. The highest BCUT2D eigenvalue weighted by Gasteiger charge is 2.26. The first kappa shape index (κ1) is 12.1. The molecule has 0 radical (unpaired) electrons. The van der Waals surface area contributed by atoms with Gasteiger partial charge in [0, 0.05) is 10.4 Å². The second-order valence-electron chi connectivity index (χ2n) is 4.92. The van der Waals surface area contributed by atoms with Crippen molar-refractivity contribution in [2.24, 2.45) is 0 Å². The number of nitrogens with zero attached hydrogens (tertiary/aromatic N) is 3. The van der Waals surface area contributed by atoms with E-state index >= 15 is 0 Å². The van der Waals surface area contributed by atoms with Gasteiger partial charge in [-0.25, -0.2) is 0 Å². The fourth-order valence-electron chi connectivity index (χ4n) is 2.00. The third-order valence-electron chi connectivity index (χ3n) is 3.19. The Morgan fingerprint density at radius 2 is 1.84 bits per heavy atom. The maximum atomic E-state index is 4.62. The minimum Gasteiger partial charge on any atom is -0.173 e. The lowest BCUT2D eigenvalue weighted by Crippen LogP contribution is -2.29. The van der Waals surface area contributed by atoms with Gasteiger partial charge in [0.1, 0.15) is 11.2 Å². The molecular weight excluding hydrogens is 254 g/mol. The largest absolute Gasteiger partial charge is 0.173 e. The minimum absolute atomic E-state index is 0.221. The Hall–Kier alpha value is -1.94. The first-order valence-corrected chi connectivity index (χ1v) is 7.08. The Balaban J connectivity index is 1.98. The van der Waals surface area contributed by atoms with Gasteiger partial charge < -0.3 is 0 Å². The zero-order valence-electron chi connectivity index (χ0n) is 10.9. The summed E-state index contributed by atoms with van der Waals surface area (Å²) >= 11 is 1.73. The van der Waals surface area contributed by atoms with Crippen LogP contribution in [0.2, 0.25) is 0 Å². The number of hydrogen-bond donors (Lipinski definition) is 0. The highest BCUT2D eigenvalue weighted by molar-refractivity contribution is 7.10. The van der Waals surface area contributed by atoms with E-state index in [0.29, 0.717) is 0 Å². The van der Waals surface area contributed by atoms with Gasteiger partial charge in [-0.15, -0.1) is 11.3 Å². The molecule has 2 aromatic heterocycles. The summed E-state index contributed by atoms with van der Waals surface area (Å²) in [7, 11) is 0. The smallest absolute Gasteiger partial charge is 0.113 e. The van der Waals surface area contributed by atoms with Crippen molar-refractivity contribution in [3.63, 3.8) is 0 Å². The maximum absolute atomic E-state index is 4.62. The van der Waals surface area contributed by atoms with Gasteiger partial charge in [0.25, 0.3) is 0 Å². The van der Waals surface area contributed by atoms with Crippen LogP contribution in [-0.4, -0.2) is 15.0 Å². The molecule has 96 valence electrons. The van der Waals surface area contributed by atoms with E-state index in [1.807, 2.05) is 36.5 Å². The van der Waals surface area contributed by atoms with E-state index in [1.54, 1.807) is 16.1 Å². The zero-order chi connectivity index (χ0) is 13.3. The molecule has 0 aliphatic heterocycles. The second-order valence-corrected chi connectivity index (χ2v) is 5.87. The van der Waals surface area contributed by atoms with E-state index in [1.165, 1.54) is 4.88 Å². The predicted molar refractivity (Wildman–Crippen MR) is 78.2 cm³/mol. The van der Waals surface area contributed by atoms with E-state index in [9.17, 15) is 0 Å². The number of benzene rings is 1. The predicted octanol–water partition coefficient (Wildman–Crippen LogP) is 3.79. The summed E-state index contributed by atoms with van der Waals surface area (Å²) < 4.78 is 0. The highest BCUT2D eigenvalue weighted by Crippen LogP contribution is 2.28. The van der Waals surface area contributed by atoms with Crippen molar-refractivity contribution in [2.45, 2.75) is 19.4 Å². The van der Waals surface area contributed by atoms with Crippen LogP contribution < -0.4 is 0 Å². The van der Waals surface area contributed by atoms with Crippen molar-refractivity contribution in [2.75, 3.05) is 0 Å². The third kappa shape index (κ3) is 2.19. The third-order valence-corrected chi connectivity index (χ3v) is 4.37. The Morgan fingerprint density at radius 3 is 2.53 bits per heavy atom. The van der Waals surface area contributed by atoms with Crippen molar-refractivity contribution in [1.29, 1.82) is 0 Å². The van der Waals surface area contributed by atoms with Crippen LogP contribution in [0.5, 0.6) is 0 Å². The Labute approximate surface area is 116 Å². The molecule has 2 heterocycles. The Bertz CT molecular complexity index is 654. The first-order valence-electron chi connectivity index (χ1n) is 6.20. The average molecular weight is 269 g/mol. The van der Waals surface area contributed by atoms with Crippen LogP contribution in [0.15, 0.2) is 54.0 Å². The molecule has 3 nitrogen and oxygen atoms in total. The van der Waals surface area contributed by atoms with Crippen molar-refractivity contribution >= 4 is 11.3 Å². The molecule has 0 atom stereocenters. The molecular formula is C15H15N3S. The molecule has 0 unspecified atom stereocenters. The van der Waals surface area contributed by atoms with Crippen LogP contribution in [0.1, 0.15) is 18.7 Å². The molecule has 0 N–H and O–H groups in total. The van der Waals surface area contributed by atoms with Gasteiger partial charge >= 0.3 is 0 Å². The Kier molecular flexibility index (Phi) is 2.95. The molecule has 0 saturated heterocycles. The summed E-state index contributed by atoms with van der Waals surface area (Å²) in [6, 6.07) is 14.3. The molecule has 3 rings (SSSR count). The lowest BCUT2D eigenvalue weighted by Gasteiger charge is -2.22. The van der Waals surface area contributed by atoms with Crippen molar-refractivity contribution in [3.05, 3.63) is 58.9 Å². The summed E-state index contributed by atoms with van der Waals surface area (Å²) in [6.07, 6.45) is 1.82. The number of aromatic nitrogens is 3. The number of thiophene rings is 1. The van der Waals surface area contributed by atoms with Crippen molar-refractivity contribution in [3.8, 4) is 11.3 Å². The molecule has 4 heteroatoms. The van der Waals surface area contributed by atoms with Crippen LogP contribution in [0.3, 0.4) is 0 Å². The van der Waals surface area contributed by atoms with Gasteiger partial charge in [0.2, 0.25) is 0 Å². The SMILES string of the molecule is CC(C)(c1cccs1)n1ncc(-c2ccccc2)n1. The van der Waals surface area contributed by atoms with E-state index in [4.69, 9.17) is 0 Å². The molecule has 1 aromatic carbocycles. The molecule has 0 bridgehead atoms.